The van der Waals surface area contributed by atoms with E-state index in [1.165, 1.54) is 29.5 Å². The van der Waals surface area contributed by atoms with Crippen molar-refractivity contribution < 1.29 is 9.18 Å². The SMILES string of the molecule is CC(Nc1ccc(F)c(Cl)c1)C(=O)Nc1sccc1C#N. The molecule has 1 atom stereocenters. The number of thiophene rings is 1. The first-order valence-corrected chi connectivity index (χ1v) is 7.27. The standard InChI is InChI=1S/C14H11ClFN3OS/c1-8(18-10-2-3-12(16)11(15)6-10)13(20)19-14-9(7-17)4-5-21-14/h2-6,8,18H,1H3,(H,19,20). The Bertz CT molecular complexity index is 710. The Balaban J connectivity index is 2.03. The van der Waals surface area contributed by atoms with Crippen molar-refractivity contribution in [2.75, 3.05) is 10.6 Å². The number of halogens is 2. The van der Waals surface area contributed by atoms with E-state index in [-0.39, 0.29) is 10.9 Å². The van der Waals surface area contributed by atoms with Gasteiger partial charge in [0.1, 0.15) is 22.9 Å². The molecule has 21 heavy (non-hydrogen) atoms. The highest BCUT2D eigenvalue weighted by molar-refractivity contribution is 7.14. The molecule has 0 aliphatic carbocycles. The van der Waals surface area contributed by atoms with Gasteiger partial charge in [0.15, 0.2) is 0 Å². The number of benzene rings is 1. The van der Waals surface area contributed by atoms with Crippen LogP contribution < -0.4 is 10.6 Å². The molecule has 7 heteroatoms. The van der Waals surface area contributed by atoms with Gasteiger partial charge in [-0.25, -0.2) is 4.39 Å². The van der Waals surface area contributed by atoms with Crippen LogP contribution in [0.3, 0.4) is 0 Å². The lowest BCUT2D eigenvalue weighted by Gasteiger charge is -2.15. The molecular weight excluding hydrogens is 313 g/mol. The molecule has 108 valence electrons. The largest absolute Gasteiger partial charge is 0.374 e. The van der Waals surface area contributed by atoms with E-state index in [1.807, 2.05) is 6.07 Å². The number of anilines is 2. The van der Waals surface area contributed by atoms with Crippen LogP contribution in [0.5, 0.6) is 0 Å². The van der Waals surface area contributed by atoms with Crippen molar-refractivity contribution >= 4 is 39.5 Å². The molecule has 0 saturated heterocycles. The lowest BCUT2D eigenvalue weighted by molar-refractivity contribution is -0.116. The van der Waals surface area contributed by atoms with Crippen molar-refractivity contribution in [3.05, 3.63) is 46.0 Å². The first kappa shape index (κ1) is 15.3. The van der Waals surface area contributed by atoms with Crippen molar-refractivity contribution in [2.24, 2.45) is 0 Å². The third-order valence-electron chi connectivity index (χ3n) is 2.72. The van der Waals surface area contributed by atoms with Crippen molar-refractivity contribution in [3.8, 4) is 6.07 Å². The highest BCUT2D eigenvalue weighted by Crippen LogP contribution is 2.23. The van der Waals surface area contributed by atoms with E-state index in [9.17, 15) is 9.18 Å². The molecule has 2 aromatic rings. The van der Waals surface area contributed by atoms with Crippen LogP contribution in [0.25, 0.3) is 0 Å². The molecule has 0 radical (unpaired) electrons. The van der Waals surface area contributed by atoms with Crippen molar-refractivity contribution in [3.63, 3.8) is 0 Å². The molecule has 0 saturated carbocycles. The average Bonchev–Trinajstić information content (AvgIpc) is 2.90. The number of amides is 1. The highest BCUT2D eigenvalue weighted by Gasteiger charge is 2.15. The average molecular weight is 324 g/mol. The van der Waals surface area contributed by atoms with Gasteiger partial charge in [-0.3, -0.25) is 4.79 Å². The van der Waals surface area contributed by atoms with Gasteiger partial charge in [0.25, 0.3) is 0 Å². The Kier molecular flexibility index (Phi) is 4.78. The lowest BCUT2D eigenvalue weighted by Crippen LogP contribution is -2.31. The Morgan fingerprint density at radius 3 is 2.90 bits per heavy atom. The predicted molar refractivity (Wildman–Crippen MR) is 82.2 cm³/mol. The van der Waals surface area contributed by atoms with Crippen molar-refractivity contribution in [1.29, 1.82) is 5.26 Å². The predicted octanol–water partition coefficient (Wildman–Crippen LogP) is 3.85. The Morgan fingerprint density at radius 1 is 1.48 bits per heavy atom. The van der Waals surface area contributed by atoms with Crippen LogP contribution in [-0.2, 0) is 4.79 Å². The second kappa shape index (κ2) is 6.57. The smallest absolute Gasteiger partial charge is 0.247 e. The van der Waals surface area contributed by atoms with Crippen LogP contribution in [0.4, 0.5) is 15.1 Å². The van der Waals surface area contributed by atoms with Gasteiger partial charge in [-0.15, -0.1) is 11.3 Å². The minimum Gasteiger partial charge on any atom is -0.374 e. The van der Waals surface area contributed by atoms with Crippen LogP contribution in [0, 0.1) is 17.1 Å². The molecule has 1 heterocycles. The van der Waals surface area contributed by atoms with E-state index in [0.717, 1.165) is 0 Å². The third kappa shape index (κ3) is 3.72. The molecule has 0 aliphatic heterocycles. The zero-order valence-corrected chi connectivity index (χ0v) is 12.6. The van der Waals surface area contributed by atoms with Crippen LogP contribution in [0.15, 0.2) is 29.6 Å². The molecule has 0 bridgehead atoms. The lowest BCUT2D eigenvalue weighted by atomic mass is 10.2. The van der Waals surface area contributed by atoms with E-state index in [2.05, 4.69) is 10.6 Å². The summed E-state index contributed by atoms with van der Waals surface area (Å²) in [6.45, 7) is 1.66. The topological polar surface area (TPSA) is 64.9 Å². The summed E-state index contributed by atoms with van der Waals surface area (Å²) < 4.78 is 13.1. The number of nitrogens with one attached hydrogen (secondary N) is 2. The first-order chi connectivity index (χ1) is 10.0. The zero-order valence-electron chi connectivity index (χ0n) is 11.0. The maximum atomic E-state index is 13.1. The number of carbonyl (C=O) groups is 1. The van der Waals surface area contributed by atoms with Gasteiger partial charge < -0.3 is 10.6 Å². The molecule has 1 aromatic carbocycles. The summed E-state index contributed by atoms with van der Waals surface area (Å²) in [4.78, 5) is 12.1. The Hall–Kier alpha value is -2.10. The van der Waals surface area contributed by atoms with E-state index in [4.69, 9.17) is 16.9 Å². The van der Waals surface area contributed by atoms with Gasteiger partial charge >= 0.3 is 0 Å². The molecule has 2 rings (SSSR count). The highest BCUT2D eigenvalue weighted by atomic mass is 35.5. The van der Waals surface area contributed by atoms with Crippen molar-refractivity contribution in [1.82, 2.24) is 0 Å². The fourth-order valence-electron chi connectivity index (χ4n) is 1.62. The summed E-state index contributed by atoms with van der Waals surface area (Å²) in [5, 5.41) is 16.7. The Morgan fingerprint density at radius 2 is 2.24 bits per heavy atom. The molecular formula is C14H11ClFN3OS. The number of carbonyl (C=O) groups excluding carboxylic acids is 1. The number of nitriles is 1. The summed E-state index contributed by atoms with van der Waals surface area (Å²) in [6, 6.07) is 7.20. The summed E-state index contributed by atoms with van der Waals surface area (Å²) in [7, 11) is 0. The number of hydrogen-bond acceptors (Lipinski definition) is 4. The van der Waals surface area contributed by atoms with E-state index in [0.29, 0.717) is 16.3 Å². The summed E-state index contributed by atoms with van der Waals surface area (Å²) in [5.74, 6) is -0.814. The third-order valence-corrected chi connectivity index (χ3v) is 3.84. The van der Waals surface area contributed by atoms with Gasteiger partial charge in [-0.1, -0.05) is 11.6 Å². The second-order valence-corrected chi connectivity index (χ2v) is 5.58. The zero-order chi connectivity index (χ0) is 15.4. The number of hydrogen-bond donors (Lipinski definition) is 2. The first-order valence-electron chi connectivity index (χ1n) is 6.01. The van der Waals surface area contributed by atoms with Crippen LogP contribution in [0.1, 0.15) is 12.5 Å². The van der Waals surface area contributed by atoms with Gasteiger partial charge in [0.05, 0.1) is 10.6 Å². The van der Waals surface area contributed by atoms with Crippen LogP contribution in [0.2, 0.25) is 5.02 Å². The summed E-state index contributed by atoms with van der Waals surface area (Å²) in [6.07, 6.45) is 0. The van der Waals surface area contributed by atoms with Gasteiger partial charge in [0.2, 0.25) is 5.91 Å². The fourth-order valence-corrected chi connectivity index (χ4v) is 2.54. The summed E-state index contributed by atoms with van der Waals surface area (Å²) >= 11 is 6.96. The Labute approximate surface area is 130 Å². The quantitative estimate of drug-likeness (QED) is 0.898. The molecule has 1 amide bonds. The maximum Gasteiger partial charge on any atom is 0.247 e. The van der Waals surface area contributed by atoms with Crippen LogP contribution >= 0.6 is 22.9 Å². The molecule has 0 fully saturated rings. The fraction of sp³-hybridized carbons (Fsp3) is 0.143. The normalized spacial score (nSPS) is 11.5. The minimum atomic E-state index is -0.569. The van der Waals surface area contributed by atoms with Gasteiger partial charge in [-0.05, 0) is 36.6 Å². The number of rotatable bonds is 4. The molecule has 1 aromatic heterocycles. The molecule has 1 unspecified atom stereocenters. The maximum absolute atomic E-state index is 13.1. The molecule has 0 aliphatic rings. The summed E-state index contributed by atoms with van der Waals surface area (Å²) in [5.41, 5.74) is 0.959. The monoisotopic (exact) mass is 323 g/mol. The van der Waals surface area contributed by atoms with Gasteiger partial charge in [0, 0.05) is 5.69 Å². The number of nitrogens with zero attached hydrogens (tertiary/aromatic N) is 1. The minimum absolute atomic E-state index is 0.0161. The second-order valence-electron chi connectivity index (χ2n) is 4.26. The van der Waals surface area contributed by atoms with E-state index in [1.54, 1.807) is 18.4 Å². The van der Waals surface area contributed by atoms with Gasteiger partial charge in [-0.2, -0.15) is 5.26 Å². The molecule has 2 N–H and O–H groups in total. The van der Waals surface area contributed by atoms with E-state index < -0.39 is 11.9 Å². The van der Waals surface area contributed by atoms with Crippen LogP contribution in [-0.4, -0.2) is 11.9 Å². The van der Waals surface area contributed by atoms with Crippen molar-refractivity contribution in [2.45, 2.75) is 13.0 Å². The molecule has 0 spiro atoms. The molecule has 4 nitrogen and oxygen atoms in total. The van der Waals surface area contributed by atoms with E-state index >= 15 is 0 Å².